The molecule has 0 aromatic heterocycles. The molecule has 2 rings (SSSR count). The molecule has 0 atom stereocenters. The van der Waals surface area contributed by atoms with Crippen LogP contribution in [0.1, 0.15) is 12.5 Å². The van der Waals surface area contributed by atoms with Gasteiger partial charge >= 0.3 is 0 Å². The summed E-state index contributed by atoms with van der Waals surface area (Å²) in [6.07, 6.45) is 0. The van der Waals surface area contributed by atoms with Crippen LogP contribution in [0.2, 0.25) is 0 Å². The fourth-order valence-electron chi connectivity index (χ4n) is 1.75. The van der Waals surface area contributed by atoms with Crippen LogP contribution >= 0.6 is 0 Å². The van der Waals surface area contributed by atoms with Gasteiger partial charge in [0.2, 0.25) is 0 Å². The van der Waals surface area contributed by atoms with E-state index in [1.54, 1.807) is 0 Å². The third kappa shape index (κ3) is 2.94. The molecule has 3 heteroatoms. The largest absolute Gasteiger partial charge is 0.494 e. The van der Waals surface area contributed by atoms with Gasteiger partial charge in [-0.3, -0.25) is 0 Å². The van der Waals surface area contributed by atoms with Crippen LogP contribution in [0.15, 0.2) is 42.5 Å². The minimum absolute atomic E-state index is 0.671. The highest BCUT2D eigenvalue weighted by atomic mass is 16.5. The first-order valence-corrected chi connectivity index (χ1v) is 6.05. The van der Waals surface area contributed by atoms with Gasteiger partial charge in [-0.2, -0.15) is 0 Å². The van der Waals surface area contributed by atoms with Crippen LogP contribution in [0.4, 0.5) is 17.1 Å². The van der Waals surface area contributed by atoms with Crippen molar-refractivity contribution in [2.45, 2.75) is 13.8 Å². The maximum absolute atomic E-state index is 5.80. The molecule has 0 saturated heterocycles. The molecule has 0 unspecified atom stereocenters. The van der Waals surface area contributed by atoms with Crippen LogP contribution in [0.3, 0.4) is 0 Å². The molecule has 0 heterocycles. The van der Waals surface area contributed by atoms with E-state index in [9.17, 15) is 0 Å². The lowest BCUT2D eigenvalue weighted by Gasteiger charge is -2.10. The van der Waals surface area contributed by atoms with E-state index in [1.165, 1.54) is 0 Å². The zero-order valence-electron chi connectivity index (χ0n) is 10.7. The lowest BCUT2D eigenvalue weighted by atomic mass is 10.2. The molecule has 0 aliphatic rings. The minimum Gasteiger partial charge on any atom is -0.494 e. The number of ether oxygens (including phenoxy) is 1. The van der Waals surface area contributed by atoms with E-state index in [0.717, 1.165) is 28.4 Å². The van der Waals surface area contributed by atoms with Gasteiger partial charge in [-0.25, -0.2) is 0 Å². The van der Waals surface area contributed by atoms with Crippen molar-refractivity contribution in [1.82, 2.24) is 0 Å². The predicted molar refractivity (Wildman–Crippen MR) is 76.5 cm³/mol. The third-order valence-electron chi connectivity index (χ3n) is 2.70. The molecule has 0 saturated carbocycles. The Hall–Kier alpha value is -2.16. The molecule has 3 nitrogen and oxygen atoms in total. The standard InChI is InChI=1S/C15H18N2O/c1-3-18-14-6-4-5-12(10-14)17-13-7-8-15(16)11(2)9-13/h4-10,17H,3,16H2,1-2H3. The molecule has 2 aromatic rings. The van der Waals surface area contributed by atoms with E-state index < -0.39 is 0 Å². The van der Waals surface area contributed by atoms with E-state index in [2.05, 4.69) is 5.32 Å². The fourth-order valence-corrected chi connectivity index (χ4v) is 1.75. The van der Waals surface area contributed by atoms with Crippen LogP contribution in [0.25, 0.3) is 0 Å². The Kier molecular flexibility index (Phi) is 3.72. The number of benzene rings is 2. The Morgan fingerprint density at radius 1 is 1.11 bits per heavy atom. The molecule has 94 valence electrons. The van der Waals surface area contributed by atoms with Crippen molar-refractivity contribution in [3.8, 4) is 5.75 Å². The third-order valence-corrected chi connectivity index (χ3v) is 2.70. The minimum atomic E-state index is 0.671. The predicted octanol–water partition coefficient (Wildman–Crippen LogP) is 3.72. The van der Waals surface area contributed by atoms with Crippen molar-refractivity contribution in [3.63, 3.8) is 0 Å². The maximum atomic E-state index is 5.80. The van der Waals surface area contributed by atoms with Crippen molar-refractivity contribution in [1.29, 1.82) is 0 Å². The SMILES string of the molecule is CCOc1cccc(Nc2ccc(N)c(C)c2)c1. The highest BCUT2D eigenvalue weighted by Gasteiger charge is 1.99. The molecular weight excluding hydrogens is 224 g/mol. The summed E-state index contributed by atoms with van der Waals surface area (Å²) >= 11 is 0. The molecule has 3 N–H and O–H groups in total. The smallest absolute Gasteiger partial charge is 0.121 e. The first kappa shape index (κ1) is 12.3. The number of anilines is 3. The summed E-state index contributed by atoms with van der Waals surface area (Å²) in [6.45, 7) is 4.64. The van der Waals surface area contributed by atoms with Gasteiger partial charge in [0.05, 0.1) is 6.61 Å². The number of aryl methyl sites for hydroxylation is 1. The highest BCUT2D eigenvalue weighted by Crippen LogP contribution is 2.23. The molecule has 0 aliphatic carbocycles. The van der Waals surface area contributed by atoms with Crippen molar-refractivity contribution in [3.05, 3.63) is 48.0 Å². The summed E-state index contributed by atoms with van der Waals surface area (Å²) in [7, 11) is 0. The van der Waals surface area contributed by atoms with Crippen LogP contribution in [-0.4, -0.2) is 6.61 Å². The maximum Gasteiger partial charge on any atom is 0.121 e. The zero-order valence-corrected chi connectivity index (χ0v) is 10.7. The average Bonchev–Trinajstić information content (AvgIpc) is 2.35. The summed E-state index contributed by atoms with van der Waals surface area (Å²) in [5.41, 5.74) is 9.71. The molecule has 0 spiro atoms. The second-order valence-electron chi connectivity index (χ2n) is 4.16. The van der Waals surface area contributed by atoms with E-state index >= 15 is 0 Å². The van der Waals surface area contributed by atoms with Crippen molar-refractivity contribution in [2.75, 3.05) is 17.7 Å². The first-order chi connectivity index (χ1) is 8.69. The molecule has 0 fully saturated rings. The number of nitrogens with two attached hydrogens (primary N) is 1. The molecule has 0 bridgehead atoms. The molecule has 0 amide bonds. The topological polar surface area (TPSA) is 47.3 Å². The number of rotatable bonds is 4. The number of hydrogen-bond donors (Lipinski definition) is 2. The van der Waals surface area contributed by atoms with E-state index in [1.807, 2.05) is 56.3 Å². The van der Waals surface area contributed by atoms with Gasteiger partial charge in [0.25, 0.3) is 0 Å². The van der Waals surface area contributed by atoms with Gasteiger partial charge in [-0.1, -0.05) is 6.07 Å². The fraction of sp³-hybridized carbons (Fsp3) is 0.200. The van der Waals surface area contributed by atoms with Crippen LogP contribution in [0.5, 0.6) is 5.75 Å². The second kappa shape index (κ2) is 5.45. The quantitative estimate of drug-likeness (QED) is 0.803. The first-order valence-electron chi connectivity index (χ1n) is 6.05. The summed E-state index contributed by atoms with van der Waals surface area (Å²) in [6, 6.07) is 13.8. The normalized spacial score (nSPS) is 10.1. The van der Waals surface area contributed by atoms with Gasteiger partial charge in [0.15, 0.2) is 0 Å². The van der Waals surface area contributed by atoms with Gasteiger partial charge in [0, 0.05) is 23.1 Å². The van der Waals surface area contributed by atoms with Crippen LogP contribution < -0.4 is 15.8 Å². The molecular formula is C15H18N2O. The zero-order chi connectivity index (χ0) is 13.0. The van der Waals surface area contributed by atoms with Crippen molar-refractivity contribution >= 4 is 17.1 Å². The Bertz CT molecular complexity index is 538. The van der Waals surface area contributed by atoms with E-state index in [0.29, 0.717) is 6.61 Å². The Balaban J connectivity index is 2.17. The number of hydrogen-bond acceptors (Lipinski definition) is 3. The molecule has 0 radical (unpaired) electrons. The monoisotopic (exact) mass is 242 g/mol. The van der Waals surface area contributed by atoms with Crippen molar-refractivity contribution < 1.29 is 4.74 Å². The van der Waals surface area contributed by atoms with Crippen molar-refractivity contribution in [2.24, 2.45) is 0 Å². The van der Waals surface area contributed by atoms with Gasteiger partial charge < -0.3 is 15.8 Å². The molecule has 2 aromatic carbocycles. The van der Waals surface area contributed by atoms with E-state index in [4.69, 9.17) is 10.5 Å². The summed E-state index contributed by atoms with van der Waals surface area (Å²) in [5, 5.41) is 3.34. The summed E-state index contributed by atoms with van der Waals surface area (Å²) < 4.78 is 5.47. The van der Waals surface area contributed by atoms with Gasteiger partial charge in [0.1, 0.15) is 5.75 Å². The second-order valence-corrected chi connectivity index (χ2v) is 4.16. The average molecular weight is 242 g/mol. The Morgan fingerprint density at radius 3 is 2.61 bits per heavy atom. The van der Waals surface area contributed by atoms with Gasteiger partial charge in [-0.05, 0) is 49.7 Å². The summed E-state index contributed by atoms with van der Waals surface area (Å²) in [4.78, 5) is 0. The molecule has 0 aliphatic heterocycles. The Morgan fingerprint density at radius 2 is 1.89 bits per heavy atom. The lowest BCUT2D eigenvalue weighted by Crippen LogP contribution is -1.95. The number of nitrogen functional groups attached to an aromatic ring is 1. The van der Waals surface area contributed by atoms with Crippen LogP contribution in [0, 0.1) is 6.92 Å². The highest BCUT2D eigenvalue weighted by molar-refractivity contribution is 5.65. The van der Waals surface area contributed by atoms with Gasteiger partial charge in [-0.15, -0.1) is 0 Å². The molecule has 18 heavy (non-hydrogen) atoms. The van der Waals surface area contributed by atoms with E-state index in [-0.39, 0.29) is 0 Å². The number of nitrogens with one attached hydrogen (secondary N) is 1. The van der Waals surface area contributed by atoms with Crippen LogP contribution in [-0.2, 0) is 0 Å². The Labute approximate surface area is 108 Å². The lowest BCUT2D eigenvalue weighted by molar-refractivity contribution is 0.340. The summed E-state index contributed by atoms with van der Waals surface area (Å²) in [5.74, 6) is 0.870.